The van der Waals surface area contributed by atoms with E-state index in [1.165, 1.54) is 0 Å². The van der Waals surface area contributed by atoms with E-state index in [9.17, 15) is 8.42 Å². The number of benzene rings is 1. The molecule has 1 saturated heterocycles. The van der Waals surface area contributed by atoms with Crippen LogP contribution in [0.5, 0.6) is 0 Å². The molecular formula is C13H19N3O3S. The van der Waals surface area contributed by atoms with Gasteiger partial charge in [0.1, 0.15) is 0 Å². The Balaban J connectivity index is 1.69. The maximum atomic E-state index is 12.2. The van der Waals surface area contributed by atoms with Crippen molar-refractivity contribution in [3.8, 4) is 0 Å². The fourth-order valence-electron chi connectivity index (χ4n) is 2.60. The van der Waals surface area contributed by atoms with Gasteiger partial charge in [-0.25, -0.2) is 8.42 Å². The fraction of sp³-hybridized carbons (Fsp3) is 0.538. The molecule has 0 unspecified atom stereocenters. The topological polar surface area (TPSA) is 72.9 Å². The Kier molecular flexibility index (Phi) is 3.57. The molecule has 0 spiro atoms. The van der Waals surface area contributed by atoms with E-state index >= 15 is 0 Å². The van der Waals surface area contributed by atoms with Crippen LogP contribution in [0.3, 0.4) is 0 Å². The van der Waals surface area contributed by atoms with Crippen LogP contribution in [0.2, 0.25) is 0 Å². The van der Waals surface area contributed by atoms with E-state index in [-0.39, 0.29) is 5.25 Å². The zero-order valence-electron chi connectivity index (χ0n) is 11.2. The van der Waals surface area contributed by atoms with Gasteiger partial charge < -0.3 is 4.90 Å². The van der Waals surface area contributed by atoms with Gasteiger partial charge in [0.15, 0.2) is 0 Å². The maximum absolute atomic E-state index is 12.2. The molecule has 20 heavy (non-hydrogen) atoms. The normalized spacial score (nSPS) is 20.9. The first-order chi connectivity index (χ1) is 9.63. The Hall–Kier alpha value is -1.31. The van der Waals surface area contributed by atoms with Gasteiger partial charge in [-0.2, -0.15) is 4.31 Å². The van der Waals surface area contributed by atoms with E-state index in [2.05, 4.69) is 10.4 Å². The van der Waals surface area contributed by atoms with Crippen molar-refractivity contribution >= 4 is 21.4 Å². The third kappa shape index (κ3) is 2.48. The van der Waals surface area contributed by atoms with Crippen LogP contribution in [0.1, 0.15) is 12.8 Å². The zero-order valence-corrected chi connectivity index (χ0v) is 12.0. The van der Waals surface area contributed by atoms with Crippen LogP contribution in [0, 0.1) is 0 Å². The smallest absolute Gasteiger partial charge is 0.217 e. The summed E-state index contributed by atoms with van der Waals surface area (Å²) in [6.07, 6.45) is 1.61. The molecule has 0 radical (unpaired) electrons. The highest BCUT2D eigenvalue weighted by atomic mass is 32.2. The standard InChI is InChI=1S/C13H19N3O3S/c17-14-12-3-1-2-4-13(12)15-7-9-16(10-8-15)20(18,19)11-5-6-11/h1-4,11,14,17H,5-10H2. The minimum Gasteiger partial charge on any atom is -0.367 e. The number of anilines is 2. The van der Waals surface area contributed by atoms with Crippen molar-refractivity contribution in [2.45, 2.75) is 18.1 Å². The van der Waals surface area contributed by atoms with Crippen LogP contribution in [0.4, 0.5) is 11.4 Å². The van der Waals surface area contributed by atoms with Gasteiger partial charge in [-0.3, -0.25) is 10.7 Å². The van der Waals surface area contributed by atoms with E-state index in [0.717, 1.165) is 18.5 Å². The number of nitrogens with one attached hydrogen (secondary N) is 1. The number of rotatable bonds is 4. The monoisotopic (exact) mass is 297 g/mol. The molecule has 0 bridgehead atoms. The second-order valence-electron chi connectivity index (χ2n) is 5.26. The van der Waals surface area contributed by atoms with Crippen LogP contribution in [0.15, 0.2) is 24.3 Å². The van der Waals surface area contributed by atoms with Crippen molar-refractivity contribution in [1.82, 2.24) is 4.31 Å². The van der Waals surface area contributed by atoms with Crippen LogP contribution < -0.4 is 10.4 Å². The van der Waals surface area contributed by atoms with Gasteiger partial charge in [0.2, 0.25) is 10.0 Å². The Labute approximate surface area is 119 Å². The zero-order chi connectivity index (χ0) is 14.2. The molecule has 1 aromatic carbocycles. The number of nitrogens with zero attached hydrogens (tertiary/aromatic N) is 2. The third-order valence-electron chi connectivity index (χ3n) is 3.91. The van der Waals surface area contributed by atoms with E-state index in [1.54, 1.807) is 10.4 Å². The molecule has 6 nitrogen and oxygen atoms in total. The van der Waals surface area contributed by atoms with Gasteiger partial charge in [-0.05, 0) is 25.0 Å². The first-order valence-electron chi connectivity index (χ1n) is 6.86. The predicted molar refractivity (Wildman–Crippen MR) is 77.6 cm³/mol. The minimum atomic E-state index is -3.07. The molecule has 2 N–H and O–H groups in total. The van der Waals surface area contributed by atoms with Crippen LogP contribution >= 0.6 is 0 Å². The molecule has 1 aliphatic heterocycles. The van der Waals surface area contributed by atoms with Crippen LogP contribution in [-0.4, -0.2) is 49.4 Å². The average Bonchev–Trinajstić information content (AvgIpc) is 3.32. The average molecular weight is 297 g/mol. The van der Waals surface area contributed by atoms with Gasteiger partial charge >= 0.3 is 0 Å². The van der Waals surface area contributed by atoms with Crippen LogP contribution in [0.25, 0.3) is 0 Å². The molecule has 0 aromatic heterocycles. The number of sulfonamides is 1. The van der Waals surface area contributed by atoms with Crippen molar-refractivity contribution in [2.24, 2.45) is 0 Å². The summed E-state index contributed by atoms with van der Waals surface area (Å²) in [7, 11) is -3.07. The van der Waals surface area contributed by atoms with Crippen LogP contribution in [-0.2, 0) is 10.0 Å². The Bertz CT molecular complexity index is 578. The summed E-state index contributed by atoms with van der Waals surface area (Å²) in [5.41, 5.74) is 3.73. The van der Waals surface area contributed by atoms with Gasteiger partial charge in [-0.15, -0.1) is 0 Å². The Morgan fingerprint density at radius 3 is 2.35 bits per heavy atom. The Morgan fingerprint density at radius 2 is 1.75 bits per heavy atom. The summed E-state index contributed by atoms with van der Waals surface area (Å²) in [4.78, 5) is 2.09. The summed E-state index contributed by atoms with van der Waals surface area (Å²) < 4.78 is 25.9. The summed E-state index contributed by atoms with van der Waals surface area (Å²) in [6, 6.07) is 7.46. The first kappa shape index (κ1) is 13.7. The summed E-state index contributed by atoms with van der Waals surface area (Å²) in [6.45, 7) is 2.31. The lowest BCUT2D eigenvalue weighted by Crippen LogP contribution is -2.49. The summed E-state index contributed by atoms with van der Waals surface area (Å²) >= 11 is 0. The lowest BCUT2D eigenvalue weighted by molar-refractivity contribution is 0.379. The highest BCUT2D eigenvalue weighted by Gasteiger charge is 2.41. The number of hydrogen-bond donors (Lipinski definition) is 2. The molecule has 2 fully saturated rings. The highest BCUT2D eigenvalue weighted by molar-refractivity contribution is 7.90. The quantitative estimate of drug-likeness (QED) is 0.814. The van der Waals surface area contributed by atoms with Crippen molar-refractivity contribution in [3.63, 3.8) is 0 Å². The van der Waals surface area contributed by atoms with Crippen molar-refractivity contribution in [3.05, 3.63) is 24.3 Å². The SMILES string of the molecule is O=S(=O)(C1CC1)N1CCN(c2ccccc2NO)CC1. The molecular weight excluding hydrogens is 278 g/mol. The second-order valence-corrected chi connectivity index (χ2v) is 7.47. The molecule has 7 heteroatoms. The number of para-hydroxylation sites is 2. The van der Waals surface area contributed by atoms with Crippen molar-refractivity contribution < 1.29 is 13.6 Å². The molecule has 1 heterocycles. The first-order valence-corrected chi connectivity index (χ1v) is 8.36. The summed E-state index contributed by atoms with van der Waals surface area (Å²) in [5, 5.41) is 8.99. The summed E-state index contributed by atoms with van der Waals surface area (Å²) in [5.74, 6) is 0. The lowest BCUT2D eigenvalue weighted by atomic mass is 10.2. The van der Waals surface area contributed by atoms with Crippen molar-refractivity contribution in [1.29, 1.82) is 0 Å². The Morgan fingerprint density at radius 1 is 1.10 bits per heavy atom. The molecule has 1 aromatic rings. The maximum Gasteiger partial charge on any atom is 0.217 e. The third-order valence-corrected chi connectivity index (χ3v) is 6.31. The van der Waals surface area contributed by atoms with Crippen molar-refractivity contribution in [2.75, 3.05) is 36.6 Å². The molecule has 3 rings (SSSR count). The van der Waals surface area contributed by atoms with E-state index in [0.29, 0.717) is 31.9 Å². The molecule has 0 amide bonds. The molecule has 110 valence electrons. The molecule has 0 atom stereocenters. The molecule has 2 aliphatic rings. The van der Waals surface area contributed by atoms with E-state index in [4.69, 9.17) is 5.21 Å². The molecule has 1 aliphatic carbocycles. The number of hydrogen-bond acceptors (Lipinski definition) is 5. The fourth-order valence-corrected chi connectivity index (χ4v) is 4.43. The highest BCUT2D eigenvalue weighted by Crippen LogP contribution is 2.32. The van der Waals surface area contributed by atoms with Gasteiger partial charge in [0.05, 0.1) is 16.6 Å². The largest absolute Gasteiger partial charge is 0.367 e. The van der Waals surface area contributed by atoms with Gasteiger partial charge in [0, 0.05) is 26.2 Å². The van der Waals surface area contributed by atoms with Gasteiger partial charge in [0.25, 0.3) is 0 Å². The number of piperazine rings is 1. The molecule has 1 saturated carbocycles. The minimum absolute atomic E-state index is 0.138. The predicted octanol–water partition coefficient (Wildman–Crippen LogP) is 1.10. The lowest BCUT2D eigenvalue weighted by Gasteiger charge is -2.36. The van der Waals surface area contributed by atoms with E-state index in [1.807, 2.05) is 18.2 Å². The van der Waals surface area contributed by atoms with Gasteiger partial charge in [-0.1, -0.05) is 12.1 Å². The van der Waals surface area contributed by atoms with E-state index < -0.39 is 10.0 Å². The second kappa shape index (κ2) is 5.23.